The van der Waals surface area contributed by atoms with Gasteiger partial charge in [-0.1, -0.05) is 29.9 Å². The number of benzene rings is 1. The highest BCUT2D eigenvalue weighted by atomic mass is 35.5. The van der Waals surface area contributed by atoms with Crippen LogP contribution in [0.15, 0.2) is 23.1 Å². The molecule has 0 radical (unpaired) electrons. The maximum atomic E-state index is 12.0. The van der Waals surface area contributed by atoms with E-state index in [9.17, 15) is 16.8 Å². The third-order valence-corrected chi connectivity index (χ3v) is 5.20. The molecule has 0 saturated heterocycles. The Kier molecular flexibility index (Phi) is 6.08. The molecule has 0 fully saturated rings. The van der Waals surface area contributed by atoms with Gasteiger partial charge in [-0.05, 0) is 12.1 Å². The highest BCUT2D eigenvalue weighted by molar-refractivity contribution is 7.89. The molecule has 0 atom stereocenters. The fourth-order valence-electron chi connectivity index (χ4n) is 1.37. The standard InChI is InChI=1S/C10H14ClN3O4S3/c1-20(15,16)13-4-5-14-21(17,18)9-3-2-7(10(12)19)6-8(9)11/h2-3,6,13-14H,4-5H2,1H3,(H2,12,19). The average molecular weight is 372 g/mol. The summed E-state index contributed by atoms with van der Waals surface area (Å²) >= 11 is 10.7. The first-order valence-electron chi connectivity index (χ1n) is 5.56. The summed E-state index contributed by atoms with van der Waals surface area (Å²) in [6, 6.07) is 4.08. The van der Waals surface area contributed by atoms with Gasteiger partial charge >= 0.3 is 0 Å². The summed E-state index contributed by atoms with van der Waals surface area (Å²) in [6.45, 7) is -0.177. The van der Waals surface area contributed by atoms with Gasteiger partial charge in [0.25, 0.3) is 0 Å². The van der Waals surface area contributed by atoms with E-state index in [0.29, 0.717) is 5.56 Å². The van der Waals surface area contributed by atoms with Crippen molar-refractivity contribution in [1.82, 2.24) is 9.44 Å². The van der Waals surface area contributed by atoms with E-state index in [1.165, 1.54) is 18.2 Å². The highest BCUT2D eigenvalue weighted by Gasteiger charge is 2.18. The summed E-state index contributed by atoms with van der Waals surface area (Å²) in [5.74, 6) is 0. The van der Waals surface area contributed by atoms with Crippen molar-refractivity contribution in [1.29, 1.82) is 0 Å². The second kappa shape index (κ2) is 6.99. The first-order valence-corrected chi connectivity index (χ1v) is 9.72. The van der Waals surface area contributed by atoms with Gasteiger partial charge in [-0.2, -0.15) is 0 Å². The summed E-state index contributed by atoms with van der Waals surface area (Å²) in [5.41, 5.74) is 5.87. The van der Waals surface area contributed by atoms with Crippen LogP contribution in [0, 0.1) is 0 Å². The van der Waals surface area contributed by atoms with Crippen LogP contribution in [-0.4, -0.2) is 41.2 Å². The lowest BCUT2D eigenvalue weighted by molar-refractivity contribution is 0.573. The van der Waals surface area contributed by atoms with Gasteiger partial charge in [0.05, 0.1) is 11.3 Å². The Morgan fingerprint density at radius 3 is 2.29 bits per heavy atom. The minimum Gasteiger partial charge on any atom is -0.389 e. The third-order valence-electron chi connectivity index (χ3n) is 2.29. The normalized spacial score (nSPS) is 12.3. The molecule has 0 spiro atoms. The SMILES string of the molecule is CS(=O)(=O)NCCNS(=O)(=O)c1ccc(C(N)=S)cc1Cl. The minimum atomic E-state index is -3.85. The van der Waals surface area contributed by atoms with E-state index >= 15 is 0 Å². The number of hydrogen-bond acceptors (Lipinski definition) is 5. The second-order valence-corrected chi connectivity index (χ2v) is 8.49. The number of nitrogens with one attached hydrogen (secondary N) is 2. The van der Waals surface area contributed by atoms with Crippen molar-refractivity contribution < 1.29 is 16.8 Å². The summed E-state index contributed by atoms with van der Waals surface area (Å²) in [5, 5.41) is -0.0242. The fraction of sp³-hybridized carbons (Fsp3) is 0.300. The van der Waals surface area contributed by atoms with E-state index in [1.54, 1.807) is 0 Å². The van der Waals surface area contributed by atoms with Gasteiger partial charge in [0.2, 0.25) is 20.0 Å². The fourth-order valence-corrected chi connectivity index (χ4v) is 3.55. The smallest absolute Gasteiger partial charge is 0.242 e. The molecule has 118 valence electrons. The van der Waals surface area contributed by atoms with Gasteiger partial charge in [0, 0.05) is 18.7 Å². The van der Waals surface area contributed by atoms with Crippen molar-refractivity contribution in [2.45, 2.75) is 4.90 Å². The summed E-state index contributed by atoms with van der Waals surface area (Å²) in [4.78, 5) is -0.0327. The predicted molar refractivity (Wildman–Crippen MR) is 85.4 cm³/mol. The van der Waals surface area contributed by atoms with Gasteiger partial charge in [-0.25, -0.2) is 26.3 Å². The Balaban J connectivity index is 2.81. The van der Waals surface area contributed by atoms with Crippen molar-refractivity contribution >= 4 is 48.9 Å². The molecule has 0 aliphatic heterocycles. The van der Waals surface area contributed by atoms with Crippen molar-refractivity contribution in [2.24, 2.45) is 5.73 Å². The van der Waals surface area contributed by atoms with Gasteiger partial charge in [-0.15, -0.1) is 0 Å². The van der Waals surface area contributed by atoms with Crippen LogP contribution in [0.3, 0.4) is 0 Å². The van der Waals surface area contributed by atoms with Crippen LogP contribution in [0.1, 0.15) is 5.56 Å². The maximum Gasteiger partial charge on any atom is 0.242 e. The molecule has 0 aromatic heterocycles. The number of halogens is 1. The van der Waals surface area contributed by atoms with Crippen LogP contribution < -0.4 is 15.2 Å². The first kappa shape index (κ1) is 18.3. The zero-order chi connectivity index (χ0) is 16.3. The lowest BCUT2D eigenvalue weighted by atomic mass is 10.2. The molecular weight excluding hydrogens is 358 g/mol. The lowest BCUT2D eigenvalue weighted by Crippen LogP contribution is -2.34. The van der Waals surface area contributed by atoms with Crippen LogP contribution in [0.25, 0.3) is 0 Å². The van der Waals surface area contributed by atoms with E-state index in [-0.39, 0.29) is 28.0 Å². The molecule has 1 aromatic rings. The Bertz CT molecular complexity index is 747. The van der Waals surface area contributed by atoms with Gasteiger partial charge in [0.1, 0.15) is 9.88 Å². The van der Waals surface area contributed by atoms with Crippen LogP contribution >= 0.6 is 23.8 Å². The Hall–Kier alpha value is -0.780. The molecule has 0 aliphatic rings. The average Bonchev–Trinajstić information content (AvgIpc) is 2.33. The van der Waals surface area contributed by atoms with Gasteiger partial charge in [-0.3, -0.25) is 0 Å². The van der Waals surface area contributed by atoms with E-state index in [0.717, 1.165) is 6.26 Å². The van der Waals surface area contributed by atoms with Gasteiger partial charge < -0.3 is 5.73 Å². The molecule has 0 saturated carbocycles. The predicted octanol–water partition coefficient (Wildman–Crippen LogP) is -0.198. The zero-order valence-corrected chi connectivity index (χ0v) is 14.2. The summed E-state index contributed by atoms with van der Waals surface area (Å²) < 4.78 is 50.1. The first-order chi connectivity index (χ1) is 9.53. The van der Waals surface area contributed by atoms with Crippen LogP contribution in [0.5, 0.6) is 0 Å². The lowest BCUT2D eigenvalue weighted by Gasteiger charge is -2.09. The molecule has 0 bridgehead atoms. The Morgan fingerprint density at radius 1 is 1.24 bits per heavy atom. The number of thiocarbonyl (C=S) groups is 1. The highest BCUT2D eigenvalue weighted by Crippen LogP contribution is 2.22. The summed E-state index contributed by atoms with van der Waals surface area (Å²) in [6.07, 6.45) is 0.979. The molecule has 0 heterocycles. The third kappa shape index (κ3) is 5.85. The number of rotatable bonds is 7. The molecule has 0 aliphatic carbocycles. The van der Waals surface area contributed by atoms with E-state index in [1.807, 2.05) is 0 Å². The Labute approximate surface area is 134 Å². The molecular formula is C10H14ClN3O4S3. The van der Waals surface area contributed by atoms with Crippen molar-refractivity contribution in [2.75, 3.05) is 19.3 Å². The Morgan fingerprint density at radius 2 is 1.81 bits per heavy atom. The number of hydrogen-bond donors (Lipinski definition) is 3. The zero-order valence-electron chi connectivity index (χ0n) is 11.0. The monoisotopic (exact) mass is 371 g/mol. The maximum absolute atomic E-state index is 12.0. The minimum absolute atomic E-state index is 0.0242. The molecule has 1 rings (SSSR count). The summed E-state index contributed by atoms with van der Waals surface area (Å²) in [7, 11) is -7.22. The molecule has 0 unspecified atom stereocenters. The molecule has 21 heavy (non-hydrogen) atoms. The quantitative estimate of drug-likeness (QED) is 0.451. The largest absolute Gasteiger partial charge is 0.389 e. The number of nitrogens with two attached hydrogens (primary N) is 1. The molecule has 7 nitrogen and oxygen atoms in total. The van der Waals surface area contributed by atoms with Crippen molar-refractivity contribution in [3.8, 4) is 0 Å². The second-order valence-electron chi connectivity index (χ2n) is 4.07. The topological polar surface area (TPSA) is 118 Å². The molecule has 4 N–H and O–H groups in total. The van der Waals surface area contributed by atoms with Crippen molar-refractivity contribution in [3.63, 3.8) is 0 Å². The van der Waals surface area contributed by atoms with Crippen LogP contribution in [0.4, 0.5) is 0 Å². The molecule has 0 amide bonds. The van der Waals surface area contributed by atoms with Gasteiger partial charge in [0.15, 0.2) is 0 Å². The van der Waals surface area contributed by atoms with E-state index in [4.69, 9.17) is 29.6 Å². The van der Waals surface area contributed by atoms with Crippen LogP contribution in [0.2, 0.25) is 5.02 Å². The van der Waals surface area contributed by atoms with Crippen molar-refractivity contribution in [3.05, 3.63) is 28.8 Å². The molecule has 11 heteroatoms. The van der Waals surface area contributed by atoms with E-state index in [2.05, 4.69) is 9.44 Å². The molecule has 1 aromatic carbocycles. The van der Waals surface area contributed by atoms with E-state index < -0.39 is 20.0 Å². The van der Waals surface area contributed by atoms with Crippen LogP contribution in [-0.2, 0) is 20.0 Å². The number of sulfonamides is 2.